The van der Waals surface area contributed by atoms with E-state index in [1.165, 1.54) is 0 Å². The van der Waals surface area contributed by atoms with Crippen LogP contribution in [0.15, 0.2) is 53.4 Å². The van der Waals surface area contributed by atoms with Crippen molar-refractivity contribution in [2.24, 2.45) is 0 Å². The third-order valence-corrected chi connectivity index (χ3v) is 7.18. The van der Waals surface area contributed by atoms with Gasteiger partial charge in [0.1, 0.15) is 17.3 Å². The normalized spacial score (nSPS) is 22.2. The summed E-state index contributed by atoms with van der Waals surface area (Å²) in [5, 5.41) is 0. The Morgan fingerprint density at radius 2 is 1.88 bits per heavy atom. The number of rotatable bonds is 3. The van der Waals surface area contributed by atoms with Crippen molar-refractivity contribution in [1.82, 2.24) is 4.72 Å². The van der Waals surface area contributed by atoms with Crippen molar-refractivity contribution in [3.05, 3.63) is 54.1 Å². The molecule has 2 aromatic rings. The van der Waals surface area contributed by atoms with Crippen LogP contribution < -0.4 is 14.4 Å². The summed E-state index contributed by atoms with van der Waals surface area (Å²) in [5.74, 6) is 2.64. The van der Waals surface area contributed by atoms with Gasteiger partial charge in [-0.2, -0.15) is 11.8 Å². The predicted molar refractivity (Wildman–Crippen MR) is 106 cm³/mol. The quantitative estimate of drug-likeness (QED) is 0.873. The molecule has 1 saturated heterocycles. The molecule has 1 atom stereocenters. The van der Waals surface area contributed by atoms with Gasteiger partial charge in [-0.15, -0.1) is 0 Å². The van der Waals surface area contributed by atoms with E-state index in [9.17, 15) is 8.42 Å². The van der Waals surface area contributed by atoms with E-state index in [0.29, 0.717) is 18.8 Å². The zero-order chi connectivity index (χ0) is 18.0. The van der Waals surface area contributed by atoms with Gasteiger partial charge in [-0.1, -0.05) is 30.3 Å². The van der Waals surface area contributed by atoms with Gasteiger partial charge in [0.15, 0.2) is 0 Å². The van der Waals surface area contributed by atoms with Crippen molar-refractivity contribution >= 4 is 27.5 Å². The molecule has 0 bridgehead atoms. The second kappa shape index (κ2) is 7.50. The van der Waals surface area contributed by atoms with Crippen molar-refractivity contribution < 1.29 is 13.2 Å². The number of nitrogens with one attached hydrogen (secondary N) is 1. The first-order valence-corrected chi connectivity index (χ1v) is 11.4. The maximum atomic E-state index is 12.8. The summed E-state index contributed by atoms with van der Waals surface area (Å²) < 4.78 is 34.3. The minimum atomic E-state index is -3.59. The highest BCUT2D eigenvalue weighted by molar-refractivity contribution is 7.99. The molecule has 0 aromatic heterocycles. The summed E-state index contributed by atoms with van der Waals surface area (Å²) in [6.07, 6.45) is 0.601. The number of fused-ring (bicyclic) bond motifs is 1. The van der Waals surface area contributed by atoms with Crippen LogP contribution in [0.3, 0.4) is 0 Å². The second-order valence-electron chi connectivity index (χ2n) is 6.55. The molecule has 0 amide bonds. The minimum absolute atomic E-state index is 0.225. The van der Waals surface area contributed by atoms with Crippen molar-refractivity contribution in [3.8, 4) is 5.75 Å². The average Bonchev–Trinajstić information content (AvgIpc) is 2.79. The molecule has 0 saturated carbocycles. The topological polar surface area (TPSA) is 58.6 Å². The fraction of sp³-hybridized carbons (Fsp3) is 0.368. The molecule has 0 radical (unpaired) electrons. The van der Waals surface area contributed by atoms with E-state index >= 15 is 0 Å². The third kappa shape index (κ3) is 3.84. The van der Waals surface area contributed by atoms with E-state index in [-0.39, 0.29) is 10.9 Å². The molecule has 2 aliphatic rings. The SMILES string of the molecule is O=S1(=O)N[C@@H](Cc2ccccc2)COc2cc(N3CCSCC3)ccc21. The molecule has 2 aromatic carbocycles. The maximum absolute atomic E-state index is 12.8. The average molecular weight is 391 g/mol. The van der Waals surface area contributed by atoms with E-state index < -0.39 is 10.0 Å². The Balaban J connectivity index is 1.57. The number of hydrogen-bond donors (Lipinski definition) is 1. The molecule has 0 spiro atoms. The molecule has 1 fully saturated rings. The lowest BCUT2D eigenvalue weighted by Gasteiger charge is -2.28. The Morgan fingerprint density at radius 1 is 1.12 bits per heavy atom. The van der Waals surface area contributed by atoms with Crippen LogP contribution in [0, 0.1) is 0 Å². The Labute approximate surface area is 158 Å². The summed E-state index contributed by atoms with van der Waals surface area (Å²) in [6.45, 7) is 2.27. The lowest BCUT2D eigenvalue weighted by molar-refractivity contribution is 0.279. The first-order valence-electron chi connectivity index (χ1n) is 8.78. The number of sulfonamides is 1. The van der Waals surface area contributed by atoms with Gasteiger partial charge in [0.05, 0.1) is 6.04 Å². The molecule has 2 aliphatic heterocycles. The van der Waals surface area contributed by atoms with Crippen LogP contribution in [0.4, 0.5) is 5.69 Å². The monoisotopic (exact) mass is 390 g/mol. The molecule has 5 nitrogen and oxygen atoms in total. The van der Waals surface area contributed by atoms with Gasteiger partial charge in [-0.3, -0.25) is 0 Å². The van der Waals surface area contributed by atoms with Gasteiger partial charge < -0.3 is 9.64 Å². The lowest BCUT2D eigenvalue weighted by atomic mass is 10.1. The second-order valence-corrected chi connectivity index (χ2v) is 9.46. The van der Waals surface area contributed by atoms with Crippen molar-refractivity contribution in [3.63, 3.8) is 0 Å². The van der Waals surface area contributed by atoms with E-state index in [1.54, 1.807) is 6.07 Å². The molecule has 0 unspecified atom stereocenters. The first-order chi connectivity index (χ1) is 12.6. The Hall–Kier alpha value is -1.70. The van der Waals surface area contributed by atoms with E-state index in [2.05, 4.69) is 9.62 Å². The van der Waals surface area contributed by atoms with Gasteiger partial charge in [0, 0.05) is 36.3 Å². The van der Waals surface area contributed by atoms with E-state index in [1.807, 2.05) is 54.2 Å². The summed E-state index contributed by atoms with van der Waals surface area (Å²) in [4.78, 5) is 2.51. The highest BCUT2D eigenvalue weighted by atomic mass is 32.2. The number of anilines is 1. The zero-order valence-corrected chi connectivity index (χ0v) is 16.1. The van der Waals surface area contributed by atoms with Crippen LogP contribution in [0.25, 0.3) is 0 Å². The molecule has 2 heterocycles. The standard InChI is InChI=1S/C19H22N2O3S2/c22-26(23)19-7-6-17(21-8-10-25-11-9-21)13-18(19)24-14-16(20-26)12-15-4-2-1-3-5-15/h1-7,13,16,20H,8-12,14H2/t16-/m0/s1. The molecular weight excluding hydrogens is 368 g/mol. The first kappa shape index (κ1) is 17.7. The smallest absolute Gasteiger partial charge is 0.244 e. The van der Waals surface area contributed by atoms with Crippen molar-refractivity contribution in [1.29, 1.82) is 0 Å². The molecule has 26 heavy (non-hydrogen) atoms. The fourth-order valence-electron chi connectivity index (χ4n) is 3.36. The van der Waals surface area contributed by atoms with Crippen molar-refractivity contribution in [2.45, 2.75) is 17.4 Å². The van der Waals surface area contributed by atoms with Gasteiger partial charge >= 0.3 is 0 Å². The molecule has 138 valence electrons. The number of hydrogen-bond acceptors (Lipinski definition) is 5. The third-order valence-electron chi connectivity index (χ3n) is 4.68. The number of ether oxygens (including phenoxy) is 1. The number of nitrogens with zero attached hydrogens (tertiary/aromatic N) is 1. The van der Waals surface area contributed by atoms with Gasteiger partial charge in [0.2, 0.25) is 10.0 Å². The number of thioether (sulfide) groups is 1. The largest absolute Gasteiger partial charge is 0.490 e. The maximum Gasteiger partial charge on any atom is 0.244 e. The van der Waals surface area contributed by atoms with E-state index in [4.69, 9.17) is 4.74 Å². The molecule has 0 aliphatic carbocycles. The van der Waals surface area contributed by atoms with Crippen LogP contribution in [-0.4, -0.2) is 45.7 Å². The number of benzene rings is 2. The summed E-state index contributed by atoms with van der Waals surface area (Å²) in [6, 6.07) is 15.0. The van der Waals surface area contributed by atoms with Crippen LogP contribution >= 0.6 is 11.8 Å². The van der Waals surface area contributed by atoms with Crippen molar-refractivity contribution in [2.75, 3.05) is 36.1 Å². The zero-order valence-electron chi connectivity index (χ0n) is 14.4. The lowest BCUT2D eigenvalue weighted by Crippen LogP contribution is -2.38. The predicted octanol–water partition coefficient (Wildman–Crippen LogP) is 2.52. The van der Waals surface area contributed by atoms with Crippen LogP contribution in [-0.2, 0) is 16.4 Å². The summed E-state index contributed by atoms with van der Waals surface area (Å²) in [5.41, 5.74) is 2.11. The molecule has 4 rings (SSSR count). The molecule has 1 N–H and O–H groups in total. The molecular formula is C19H22N2O3S2. The van der Waals surface area contributed by atoms with Crippen LogP contribution in [0.5, 0.6) is 5.75 Å². The minimum Gasteiger partial charge on any atom is -0.490 e. The fourth-order valence-corrected chi connectivity index (χ4v) is 5.61. The van der Waals surface area contributed by atoms with Gasteiger partial charge in [0.25, 0.3) is 0 Å². The summed E-state index contributed by atoms with van der Waals surface area (Å²) >= 11 is 1.95. The Morgan fingerprint density at radius 3 is 2.65 bits per heavy atom. The highest BCUT2D eigenvalue weighted by Gasteiger charge is 2.29. The summed E-state index contributed by atoms with van der Waals surface area (Å²) in [7, 11) is -3.59. The Bertz CT molecular complexity index is 866. The van der Waals surface area contributed by atoms with Crippen LogP contribution in [0.2, 0.25) is 0 Å². The highest BCUT2D eigenvalue weighted by Crippen LogP contribution is 2.32. The van der Waals surface area contributed by atoms with Gasteiger partial charge in [-0.25, -0.2) is 13.1 Å². The van der Waals surface area contributed by atoms with Gasteiger partial charge in [-0.05, 0) is 24.1 Å². The van der Waals surface area contributed by atoms with E-state index in [0.717, 1.165) is 35.8 Å². The Kier molecular flexibility index (Phi) is 5.11. The van der Waals surface area contributed by atoms with Crippen LogP contribution in [0.1, 0.15) is 5.56 Å². The molecule has 7 heteroatoms.